The summed E-state index contributed by atoms with van der Waals surface area (Å²) in [6.45, 7) is 5.38. The lowest BCUT2D eigenvalue weighted by molar-refractivity contribution is -0.385. The van der Waals surface area contributed by atoms with Crippen molar-refractivity contribution in [2.45, 2.75) is 26.8 Å². The molecule has 1 aliphatic heterocycles. The molecule has 226 valence electrons. The highest BCUT2D eigenvalue weighted by Crippen LogP contribution is 2.36. The topological polar surface area (TPSA) is 117 Å². The number of esters is 1. The Morgan fingerprint density at radius 2 is 1.82 bits per heavy atom. The predicted molar refractivity (Wildman–Crippen MR) is 173 cm³/mol. The Morgan fingerprint density at radius 1 is 1.09 bits per heavy atom. The zero-order valence-corrected chi connectivity index (χ0v) is 26.0. The number of hydrogen-bond donors (Lipinski definition) is 0. The van der Waals surface area contributed by atoms with E-state index in [1.54, 1.807) is 56.3 Å². The molecule has 0 saturated heterocycles. The molecule has 5 aromatic rings. The fourth-order valence-corrected chi connectivity index (χ4v) is 6.40. The second kappa shape index (κ2) is 12.1. The molecule has 3 aromatic carbocycles. The molecule has 1 aliphatic rings. The highest BCUT2D eigenvalue weighted by atomic mass is 35.5. The molecule has 3 heterocycles. The molecule has 0 amide bonds. The number of carbonyl (C=O) groups excluding carboxylic acids is 1. The predicted octanol–water partition coefficient (Wildman–Crippen LogP) is 6.37. The highest BCUT2D eigenvalue weighted by molar-refractivity contribution is 7.07. The number of aromatic nitrogens is 1. The number of halogens is 1. The van der Waals surface area contributed by atoms with Crippen LogP contribution in [-0.2, 0) is 9.53 Å². The molecule has 0 saturated carbocycles. The van der Waals surface area contributed by atoms with E-state index in [1.165, 1.54) is 22.0 Å². The Labute approximate surface area is 266 Å². The van der Waals surface area contributed by atoms with Crippen LogP contribution in [0.3, 0.4) is 0 Å². The minimum Gasteiger partial charge on any atom is -0.463 e. The quantitative estimate of drug-likeness (QED) is 0.116. The first-order valence-corrected chi connectivity index (χ1v) is 15.3. The Balaban J connectivity index is 1.53. The summed E-state index contributed by atoms with van der Waals surface area (Å²) in [7, 11) is 0. The van der Waals surface area contributed by atoms with Crippen molar-refractivity contribution >= 4 is 46.4 Å². The van der Waals surface area contributed by atoms with Crippen molar-refractivity contribution in [1.82, 2.24) is 4.57 Å². The van der Waals surface area contributed by atoms with E-state index in [4.69, 9.17) is 25.7 Å². The standard InChI is InChI=1S/C34H26ClN3O6S/c1-4-43-33(40)29-30(21-8-6-5-7-9-21)36-34-37(31(29)22-10-12-24(35)13-11-22)32(39)28(45-34)18-25-14-15-27(44-25)23-16-19(2)20(3)26(17-23)38(41)42/h5-18,31H,4H2,1-3H3/b28-18-. The molecule has 6 rings (SSSR count). The van der Waals surface area contributed by atoms with Gasteiger partial charge in [0.1, 0.15) is 11.5 Å². The third kappa shape index (κ3) is 5.65. The monoisotopic (exact) mass is 639 g/mol. The number of rotatable bonds is 7. The van der Waals surface area contributed by atoms with Gasteiger partial charge >= 0.3 is 5.97 Å². The third-order valence-electron chi connectivity index (χ3n) is 7.58. The summed E-state index contributed by atoms with van der Waals surface area (Å²) >= 11 is 7.37. The number of carbonyl (C=O) groups is 1. The van der Waals surface area contributed by atoms with E-state index in [0.29, 0.717) is 53.8 Å². The lowest BCUT2D eigenvalue weighted by Gasteiger charge is -2.25. The van der Waals surface area contributed by atoms with Gasteiger partial charge in [-0.25, -0.2) is 9.79 Å². The first kappa shape index (κ1) is 30.0. The second-order valence-corrected chi connectivity index (χ2v) is 11.8. The molecular weight excluding hydrogens is 614 g/mol. The number of nitro benzene ring substituents is 1. The molecule has 0 aliphatic carbocycles. The summed E-state index contributed by atoms with van der Waals surface area (Å²) in [6, 6.07) is 22.1. The van der Waals surface area contributed by atoms with Gasteiger partial charge in [-0.15, -0.1) is 0 Å². The molecule has 2 aromatic heterocycles. The Bertz CT molecular complexity index is 2180. The van der Waals surface area contributed by atoms with Crippen molar-refractivity contribution < 1.29 is 18.9 Å². The van der Waals surface area contributed by atoms with Gasteiger partial charge in [-0.1, -0.05) is 65.4 Å². The van der Waals surface area contributed by atoms with E-state index < -0.39 is 16.9 Å². The van der Waals surface area contributed by atoms with Crippen LogP contribution < -0.4 is 14.9 Å². The van der Waals surface area contributed by atoms with Gasteiger partial charge in [0.2, 0.25) is 0 Å². The van der Waals surface area contributed by atoms with Gasteiger partial charge < -0.3 is 9.15 Å². The number of aryl methyl sites for hydroxylation is 1. The minimum atomic E-state index is -0.835. The van der Waals surface area contributed by atoms with Crippen molar-refractivity contribution in [2.24, 2.45) is 4.99 Å². The van der Waals surface area contributed by atoms with Crippen molar-refractivity contribution in [3.63, 3.8) is 0 Å². The first-order chi connectivity index (χ1) is 21.7. The van der Waals surface area contributed by atoms with Crippen molar-refractivity contribution in [2.75, 3.05) is 6.61 Å². The van der Waals surface area contributed by atoms with Crippen LogP contribution in [0.1, 0.15) is 41.0 Å². The number of benzene rings is 3. The number of hydrogen-bond acceptors (Lipinski definition) is 8. The van der Waals surface area contributed by atoms with Crippen LogP contribution in [0.2, 0.25) is 5.02 Å². The molecule has 9 nitrogen and oxygen atoms in total. The summed E-state index contributed by atoms with van der Waals surface area (Å²) in [5.74, 6) is 0.231. The first-order valence-electron chi connectivity index (χ1n) is 14.1. The van der Waals surface area contributed by atoms with Gasteiger partial charge in [-0.2, -0.15) is 0 Å². The van der Waals surface area contributed by atoms with Crippen LogP contribution >= 0.6 is 22.9 Å². The van der Waals surface area contributed by atoms with Gasteiger partial charge in [-0.3, -0.25) is 19.5 Å². The Hall–Kier alpha value is -5.06. The Morgan fingerprint density at radius 3 is 2.51 bits per heavy atom. The minimum absolute atomic E-state index is 0.00471. The summed E-state index contributed by atoms with van der Waals surface area (Å²) in [6.07, 6.45) is 1.61. The van der Waals surface area contributed by atoms with Crippen LogP contribution in [0.15, 0.2) is 98.6 Å². The van der Waals surface area contributed by atoms with Crippen LogP contribution in [0.5, 0.6) is 0 Å². The van der Waals surface area contributed by atoms with Gasteiger partial charge in [0.05, 0.1) is 33.4 Å². The van der Waals surface area contributed by atoms with E-state index in [2.05, 4.69) is 0 Å². The zero-order chi connectivity index (χ0) is 31.8. The average Bonchev–Trinajstić information content (AvgIpc) is 3.62. The fourth-order valence-electron chi connectivity index (χ4n) is 5.29. The molecule has 11 heteroatoms. The van der Waals surface area contributed by atoms with Crippen molar-refractivity contribution in [1.29, 1.82) is 0 Å². The zero-order valence-electron chi connectivity index (χ0n) is 24.4. The number of ether oxygens (including phenoxy) is 1. The summed E-state index contributed by atoms with van der Waals surface area (Å²) in [5, 5.41) is 12.1. The number of thiazole rings is 1. The maximum Gasteiger partial charge on any atom is 0.338 e. The van der Waals surface area contributed by atoms with Gasteiger partial charge in [-0.05, 0) is 62.2 Å². The molecule has 1 atom stereocenters. The molecule has 0 N–H and O–H groups in total. The normalized spacial score (nSPS) is 14.7. The van der Waals surface area contributed by atoms with E-state index >= 15 is 0 Å². The van der Waals surface area contributed by atoms with E-state index in [-0.39, 0.29) is 23.4 Å². The third-order valence-corrected chi connectivity index (χ3v) is 8.82. The largest absolute Gasteiger partial charge is 0.463 e. The smallest absolute Gasteiger partial charge is 0.338 e. The summed E-state index contributed by atoms with van der Waals surface area (Å²) in [4.78, 5) is 44.0. The molecule has 0 radical (unpaired) electrons. The number of fused-ring (bicyclic) bond motifs is 1. The van der Waals surface area contributed by atoms with Crippen molar-refractivity contribution in [3.05, 3.63) is 147 Å². The van der Waals surface area contributed by atoms with Gasteiger partial charge in [0.15, 0.2) is 4.80 Å². The average molecular weight is 640 g/mol. The number of furan rings is 1. The fraction of sp³-hybridized carbons (Fsp3) is 0.147. The van der Waals surface area contributed by atoms with Gasteiger partial charge in [0, 0.05) is 33.9 Å². The van der Waals surface area contributed by atoms with Crippen molar-refractivity contribution in [3.8, 4) is 11.3 Å². The lowest BCUT2D eigenvalue weighted by Crippen LogP contribution is -2.39. The maximum absolute atomic E-state index is 14.1. The van der Waals surface area contributed by atoms with E-state index in [1.807, 2.05) is 43.3 Å². The van der Waals surface area contributed by atoms with Crippen LogP contribution in [0, 0.1) is 24.0 Å². The number of nitrogens with zero attached hydrogens (tertiary/aromatic N) is 3. The van der Waals surface area contributed by atoms with Crippen LogP contribution in [0.4, 0.5) is 5.69 Å². The maximum atomic E-state index is 14.1. The summed E-state index contributed by atoms with van der Waals surface area (Å²) in [5.41, 5.74) is 3.56. The second-order valence-electron chi connectivity index (χ2n) is 10.4. The molecule has 0 fully saturated rings. The number of nitro groups is 1. The van der Waals surface area contributed by atoms with Crippen LogP contribution in [0.25, 0.3) is 23.1 Å². The molecule has 1 unspecified atom stereocenters. The summed E-state index contributed by atoms with van der Waals surface area (Å²) < 4.78 is 13.4. The van der Waals surface area contributed by atoms with Gasteiger partial charge in [0.25, 0.3) is 11.2 Å². The van der Waals surface area contributed by atoms with E-state index in [9.17, 15) is 19.7 Å². The highest BCUT2D eigenvalue weighted by Gasteiger charge is 2.35. The van der Waals surface area contributed by atoms with Crippen LogP contribution in [-0.4, -0.2) is 22.1 Å². The van der Waals surface area contributed by atoms with E-state index in [0.717, 1.165) is 5.56 Å². The molecule has 45 heavy (non-hydrogen) atoms. The molecule has 0 bridgehead atoms. The lowest BCUT2D eigenvalue weighted by atomic mass is 9.93. The molecule has 0 spiro atoms. The molecular formula is C34H26ClN3O6S. The Kier molecular flexibility index (Phi) is 8.09. The SMILES string of the molecule is CCOC(=O)C1=C(c2ccccc2)N=c2s/c(=C\c3ccc(-c4cc(C)c(C)c([N+](=O)[O-])c4)o3)c(=O)n2C1c1ccc(Cl)cc1.